The van der Waals surface area contributed by atoms with E-state index >= 15 is 0 Å². The van der Waals surface area contributed by atoms with Crippen LogP contribution in [0.25, 0.3) is 0 Å². The average molecular weight is 238 g/mol. The van der Waals surface area contributed by atoms with E-state index in [2.05, 4.69) is 26.5 Å². The van der Waals surface area contributed by atoms with Crippen molar-refractivity contribution in [1.29, 1.82) is 0 Å². The number of esters is 1. The Morgan fingerprint density at radius 2 is 2.00 bits per heavy atom. The van der Waals surface area contributed by atoms with Crippen LogP contribution >= 0.6 is 0 Å². The molecule has 0 spiro atoms. The molecule has 0 bridgehead atoms. The van der Waals surface area contributed by atoms with Gasteiger partial charge < -0.3 is 4.74 Å². The van der Waals surface area contributed by atoms with Gasteiger partial charge in [-0.3, -0.25) is 4.79 Å². The topological polar surface area (TPSA) is 26.3 Å². The summed E-state index contributed by atoms with van der Waals surface area (Å²) in [6.45, 7) is 10.9. The van der Waals surface area contributed by atoms with E-state index in [4.69, 9.17) is 4.74 Å². The molecule has 17 heavy (non-hydrogen) atoms. The summed E-state index contributed by atoms with van der Waals surface area (Å²) >= 11 is 0. The van der Waals surface area contributed by atoms with Crippen molar-refractivity contribution in [1.82, 2.24) is 0 Å². The summed E-state index contributed by atoms with van der Waals surface area (Å²) in [6, 6.07) is 0. The van der Waals surface area contributed by atoms with Gasteiger partial charge in [-0.1, -0.05) is 34.1 Å². The first kappa shape index (κ1) is 16.0. The van der Waals surface area contributed by atoms with Gasteiger partial charge in [0.15, 0.2) is 0 Å². The van der Waals surface area contributed by atoms with Crippen LogP contribution in [0.1, 0.15) is 53.9 Å². The zero-order valence-corrected chi connectivity index (χ0v) is 11.9. The van der Waals surface area contributed by atoms with Gasteiger partial charge in [-0.25, -0.2) is 0 Å². The lowest BCUT2D eigenvalue weighted by Gasteiger charge is -2.19. The van der Waals surface area contributed by atoms with Crippen molar-refractivity contribution in [2.24, 2.45) is 11.3 Å². The molecule has 1 unspecified atom stereocenters. The number of carbonyl (C=O) groups excluding carboxylic acids is 1. The Balaban J connectivity index is 4.37. The highest BCUT2D eigenvalue weighted by atomic mass is 16.5. The Morgan fingerprint density at radius 3 is 2.47 bits per heavy atom. The molecule has 0 aliphatic rings. The fourth-order valence-corrected chi connectivity index (χ4v) is 1.27. The van der Waals surface area contributed by atoms with E-state index in [1.807, 2.05) is 26.0 Å². The molecule has 0 aliphatic heterocycles. The second-order valence-electron chi connectivity index (χ2n) is 5.03. The lowest BCUT2D eigenvalue weighted by Crippen LogP contribution is -2.14. The van der Waals surface area contributed by atoms with E-state index in [1.165, 1.54) is 0 Å². The van der Waals surface area contributed by atoms with Crippen LogP contribution in [0.3, 0.4) is 0 Å². The largest absolute Gasteiger partial charge is 0.466 e. The number of carbonyl (C=O) groups is 1. The molecule has 0 saturated carbocycles. The molecule has 2 heteroatoms. The molecular formula is C15H26O2. The Kier molecular flexibility index (Phi) is 7.65. The third-order valence-corrected chi connectivity index (χ3v) is 3.06. The third-order valence-electron chi connectivity index (χ3n) is 3.06. The van der Waals surface area contributed by atoms with E-state index in [-0.39, 0.29) is 11.9 Å². The molecule has 0 aromatic carbocycles. The van der Waals surface area contributed by atoms with E-state index < -0.39 is 0 Å². The predicted octanol–water partition coefficient (Wildman–Crippen LogP) is 4.11. The van der Waals surface area contributed by atoms with E-state index in [0.717, 1.165) is 19.3 Å². The lowest BCUT2D eigenvalue weighted by atomic mass is 9.86. The summed E-state index contributed by atoms with van der Waals surface area (Å²) in [6.07, 6.45) is 6.73. The fraction of sp³-hybridized carbons (Fsp3) is 0.733. The lowest BCUT2D eigenvalue weighted by molar-refractivity contribution is -0.146. The molecule has 0 aliphatic carbocycles. The first-order valence-corrected chi connectivity index (χ1v) is 6.54. The molecule has 0 heterocycles. The van der Waals surface area contributed by atoms with Crippen LogP contribution in [0.5, 0.6) is 0 Å². The average Bonchev–Trinajstić information content (AvgIpc) is 2.29. The molecule has 0 aromatic heterocycles. The van der Waals surface area contributed by atoms with E-state index in [0.29, 0.717) is 12.0 Å². The molecule has 0 radical (unpaired) electrons. The second-order valence-corrected chi connectivity index (χ2v) is 5.03. The quantitative estimate of drug-likeness (QED) is 0.493. The van der Waals surface area contributed by atoms with Crippen LogP contribution in [-0.4, -0.2) is 12.6 Å². The Hall–Kier alpha value is -1.01. The maximum atomic E-state index is 11.5. The van der Waals surface area contributed by atoms with E-state index in [1.54, 1.807) is 0 Å². The van der Waals surface area contributed by atoms with Crippen LogP contribution in [0, 0.1) is 11.3 Å². The normalized spacial score (nSPS) is 12.5. The minimum atomic E-state index is -0.157. The van der Waals surface area contributed by atoms with Gasteiger partial charge in [0, 0.05) is 0 Å². The number of rotatable bonds is 7. The fourth-order valence-electron chi connectivity index (χ4n) is 1.27. The van der Waals surface area contributed by atoms with Crippen LogP contribution in [0.15, 0.2) is 17.9 Å². The van der Waals surface area contributed by atoms with Crippen molar-refractivity contribution in [2.45, 2.75) is 53.9 Å². The highest BCUT2D eigenvalue weighted by Crippen LogP contribution is 2.24. The number of ether oxygens (including phenoxy) is 1. The molecule has 0 rings (SSSR count). The number of hydrogen-bond donors (Lipinski definition) is 0. The third kappa shape index (κ3) is 7.01. The maximum absolute atomic E-state index is 11.5. The second kappa shape index (κ2) is 8.14. The van der Waals surface area contributed by atoms with Crippen LogP contribution in [0.2, 0.25) is 0 Å². The molecule has 2 nitrogen and oxygen atoms in total. The molecule has 1 atom stereocenters. The Bertz CT molecular complexity index is 283. The molecule has 0 fully saturated rings. The van der Waals surface area contributed by atoms with Crippen LogP contribution < -0.4 is 0 Å². The first-order valence-electron chi connectivity index (χ1n) is 6.54. The zero-order valence-electron chi connectivity index (χ0n) is 11.9. The predicted molar refractivity (Wildman–Crippen MR) is 71.8 cm³/mol. The van der Waals surface area contributed by atoms with Crippen molar-refractivity contribution in [2.75, 3.05) is 6.61 Å². The molecule has 98 valence electrons. The van der Waals surface area contributed by atoms with Crippen molar-refractivity contribution in [3.8, 4) is 0 Å². The Labute approximate surface area is 106 Å². The number of hydrogen-bond acceptors (Lipinski definition) is 2. The zero-order chi connectivity index (χ0) is 13.3. The van der Waals surface area contributed by atoms with Crippen LogP contribution in [-0.2, 0) is 9.53 Å². The van der Waals surface area contributed by atoms with Gasteiger partial charge in [0.2, 0.25) is 0 Å². The van der Waals surface area contributed by atoms with E-state index in [9.17, 15) is 4.79 Å². The first-order chi connectivity index (χ1) is 7.96. The molecular weight excluding hydrogens is 212 g/mol. The summed E-state index contributed by atoms with van der Waals surface area (Å²) in [5.74, 6) is -0.304. The minimum absolute atomic E-state index is 0.148. The summed E-state index contributed by atoms with van der Waals surface area (Å²) in [4.78, 5) is 11.5. The SMILES string of the molecule is CCOC(=O)C(C=C=CCC(C)(C)CC)CC. The summed E-state index contributed by atoms with van der Waals surface area (Å²) in [5.41, 5.74) is 3.43. The van der Waals surface area contributed by atoms with Gasteiger partial charge in [0.05, 0.1) is 12.5 Å². The van der Waals surface area contributed by atoms with Gasteiger partial charge in [-0.2, -0.15) is 0 Å². The smallest absolute Gasteiger partial charge is 0.313 e. The van der Waals surface area contributed by atoms with Crippen molar-refractivity contribution >= 4 is 5.97 Å². The van der Waals surface area contributed by atoms with Crippen LogP contribution in [0.4, 0.5) is 0 Å². The minimum Gasteiger partial charge on any atom is -0.466 e. The highest BCUT2D eigenvalue weighted by Gasteiger charge is 2.14. The maximum Gasteiger partial charge on any atom is 0.313 e. The summed E-state index contributed by atoms with van der Waals surface area (Å²) in [5, 5.41) is 0. The van der Waals surface area contributed by atoms with Crippen molar-refractivity contribution in [3.05, 3.63) is 17.9 Å². The Morgan fingerprint density at radius 1 is 1.35 bits per heavy atom. The molecule has 0 N–H and O–H groups in total. The molecule has 0 amide bonds. The summed E-state index contributed by atoms with van der Waals surface area (Å²) < 4.78 is 4.99. The standard InChI is InChI=1S/C15H26O2/c1-6-13(14(16)17-8-3)11-9-10-12-15(4,5)7-2/h10-11,13H,6-8,12H2,1-5H3. The van der Waals surface area contributed by atoms with Gasteiger partial charge in [0.25, 0.3) is 0 Å². The molecule has 0 aromatic rings. The van der Waals surface area contributed by atoms with Crippen molar-refractivity contribution in [3.63, 3.8) is 0 Å². The molecule has 0 saturated heterocycles. The van der Waals surface area contributed by atoms with Gasteiger partial charge in [-0.05, 0) is 37.3 Å². The van der Waals surface area contributed by atoms with Crippen molar-refractivity contribution < 1.29 is 9.53 Å². The summed E-state index contributed by atoms with van der Waals surface area (Å²) in [7, 11) is 0. The van der Waals surface area contributed by atoms with Gasteiger partial charge >= 0.3 is 5.97 Å². The van der Waals surface area contributed by atoms with Gasteiger partial charge in [-0.15, -0.1) is 5.73 Å². The highest BCUT2D eigenvalue weighted by molar-refractivity contribution is 5.74. The monoisotopic (exact) mass is 238 g/mol. The van der Waals surface area contributed by atoms with Gasteiger partial charge in [0.1, 0.15) is 0 Å².